The summed E-state index contributed by atoms with van der Waals surface area (Å²) < 4.78 is 0. The van der Waals surface area contributed by atoms with E-state index in [0.29, 0.717) is 21.7 Å². The number of thiocarbonyl (C=S) groups is 1. The van der Waals surface area contributed by atoms with Gasteiger partial charge in [-0.05, 0) is 36.1 Å². The summed E-state index contributed by atoms with van der Waals surface area (Å²) in [6.45, 7) is 0. The van der Waals surface area contributed by atoms with Crippen LogP contribution in [-0.2, 0) is 6.42 Å². The molecule has 1 aliphatic rings. The molecule has 1 unspecified atom stereocenters. The molecular formula is C18H15N3OS. The molecule has 23 heavy (non-hydrogen) atoms. The quantitative estimate of drug-likeness (QED) is 0.713. The molecule has 0 fully saturated rings. The van der Waals surface area contributed by atoms with Gasteiger partial charge in [0.15, 0.2) is 5.82 Å². The van der Waals surface area contributed by atoms with Gasteiger partial charge in [-0.25, -0.2) is 4.98 Å². The zero-order chi connectivity index (χ0) is 15.8. The Morgan fingerprint density at radius 1 is 1.17 bits per heavy atom. The number of aryl methyl sites for hydroxylation is 1. The lowest BCUT2D eigenvalue weighted by molar-refractivity contribution is 0.643. The molecule has 4 rings (SSSR count). The van der Waals surface area contributed by atoms with E-state index in [1.165, 1.54) is 11.1 Å². The molecule has 5 heteroatoms. The van der Waals surface area contributed by atoms with Crippen molar-refractivity contribution in [3.05, 3.63) is 75.8 Å². The van der Waals surface area contributed by atoms with Crippen LogP contribution < -0.4 is 10.9 Å². The predicted octanol–water partition coefficient (Wildman–Crippen LogP) is 2.88. The van der Waals surface area contributed by atoms with Crippen LogP contribution in [0.1, 0.15) is 29.4 Å². The van der Waals surface area contributed by atoms with Crippen molar-refractivity contribution in [2.75, 3.05) is 0 Å². The van der Waals surface area contributed by atoms with E-state index in [9.17, 15) is 4.79 Å². The Labute approximate surface area is 138 Å². The van der Waals surface area contributed by atoms with Crippen LogP contribution in [0.2, 0.25) is 0 Å². The van der Waals surface area contributed by atoms with E-state index in [1.807, 2.05) is 24.3 Å². The van der Waals surface area contributed by atoms with Gasteiger partial charge in [0.1, 0.15) is 4.99 Å². The van der Waals surface area contributed by atoms with Crippen LogP contribution in [0.15, 0.2) is 53.3 Å². The van der Waals surface area contributed by atoms with Gasteiger partial charge in [0.05, 0.1) is 16.9 Å². The number of benzene rings is 2. The van der Waals surface area contributed by atoms with Crippen LogP contribution >= 0.6 is 12.2 Å². The zero-order valence-corrected chi connectivity index (χ0v) is 13.2. The number of nitrogens with one attached hydrogen (secondary N) is 2. The largest absolute Gasteiger partial charge is 0.366 e. The van der Waals surface area contributed by atoms with Crippen molar-refractivity contribution >= 4 is 28.1 Å². The standard InChI is InChI=1S/C18H15N3OS/c22-17-13-7-3-4-8-14(13)19-16(21-17)18(23)20-15-10-9-11-5-1-2-6-12(11)15/h1-8,15H,9-10H2,(H,20,23)(H,19,21,22). The maximum absolute atomic E-state index is 12.2. The fourth-order valence-corrected chi connectivity index (χ4v) is 3.37. The smallest absolute Gasteiger partial charge is 0.259 e. The zero-order valence-electron chi connectivity index (χ0n) is 12.4. The molecule has 0 aliphatic heterocycles. The Kier molecular flexibility index (Phi) is 3.42. The van der Waals surface area contributed by atoms with E-state index in [-0.39, 0.29) is 11.6 Å². The van der Waals surface area contributed by atoms with Crippen LogP contribution in [0.4, 0.5) is 0 Å². The summed E-state index contributed by atoms with van der Waals surface area (Å²) in [5, 5.41) is 3.92. The van der Waals surface area contributed by atoms with E-state index < -0.39 is 0 Å². The summed E-state index contributed by atoms with van der Waals surface area (Å²) in [7, 11) is 0. The molecule has 114 valence electrons. The highest BCUT2D eigenvalue weighted by Crippen LogP contribution is 2.30. The third-order valence-electron chi connectivity index (χ3n) is 4.27. The van der Waals surface area contributed by atoms with Crippen LogP contribution in [0, 0.1) is 0 Å². The van der Waals surface area contributed by atoms with Crippen molar-refractivity contribution in [3.63, 3.8) is 0 Å². The van der Waals surface area contributed by atoms with E-state index >= 15 is 0 Å². The molecule has 2 aromatic carbocycles. The van der Waals surface area contributed by atoms with Crippen molar-refractivity contribution in [2.24, 2.45) is 0 Å². The fourth-order valence-electron chi connectivity index (χ4n) is 3.13. The number of aromatic nitrogens is 2. The maximum atomic E-state index is 12.2. The SMILES string of the molecule is O=c1[nH]c(C(=S)NC2CCc3ccccc32)nc2ccccc12. The minimum Gasteiger partial charge on any atom is -0.366 e. The number of fused-ring (bicyclic) bond motifs is 2. The Bertz CT molecular complexity index is 964. The first-order valence-electron chi connectivity index (χ1n) is 7.60. The molecule has 2 N–H and O–H groups in total. The van der Waals surface area contributed by atoms with Crippen molar-refractivity contribution in [3.8, 4) is 0 Å². The topological polar surface area (TPSA) is 57.8 Å². The molecule has 0 radical (unpaired) electrons. The second-order valence-electron chi connectivity index (χ2n) is 5.70. The molecule has 4 nitrogen and oxygen atoms in total. The van der Waals surface area contributed by atoms with Gasteiger partial charge in [0, 0.05) is 0 Å². The molecule has 1 aliphatic carbocycles. The molecule has 0 saturated carbocycles. The lowest BCUT2D eigenvalue weighted by Gasteiger charge is -2.15. The normalized spacial score (nSPS) is 16.3. The third kappa shape index (κ3) is 2.53. The second kappa shape index (κ2) is 5.59. The number of rotatable bonds is 2. The molecule has 0 spiro atoms. The van der Waals surface area contributed by atoms with Crippen LogP contribution in [0.5, 0.6) is 0 Å². The van der Waals surface area contributed by atoms with Gasteiger partial charge < -0.3 is 10.3 Å². The summed E-state index contributed by atoms with van der Waals surface area (Å²) in [6.07, 6.45) is 2.04. The molecule has 1 atom stereocenters. The Morgan fingerprint density at radius 2 is 1.96 bits per heavy atom. The van der Waals surface area contributed by atoms with Gasteiger partial charge in [-0.3, -0.25) is 4.79 Å². The van der Waals surface area contributed by atoms with Gasteiger partial charge in [-0.1, -0.05) is 48.6 Å². The average Bonchev–Trinajstić information content (AvgIpc) is 2.98. The number of hydrogen-bond acceptors (Lipinski definition) is 3. The molecule has 1 aromatic heterocycles. The predicted molar refractivity (Wildman–Crippen MR) is 94.7 cm³/mol. The van der Waals surface area contributed by atoms with Crippen molar-refractivity contribution in [1.82, 2.24) is 15.3 Å². The van der Waals surface area contributed by atoms with Gasteiger partial charge >= 0.3 is 0 Å². The third-order valence-corrected chi connectivity index (χ3v) is 4.58. The second-order valence-corrected chi connectivity index (χ2v) is 6.10. The minimum atomic E-state index is -0.165. The van der Waals surface area contributed by atoms with Gasteiger partial charge in [0.2, 0.25) is 0 Å². The summed E-state index contributed by atoms with van der Waals surface area (Å²) in [6, 6.07) is 15.8. The maximum Gasteiger partial charge on any atom is 0.259 e. The van der Waals surface area contributed by atoms with Crippen molar-refractivity contribution in [1.29, 1.82) is 0 Å². The lowest BCUT2D eigenvalue weighted by Crippen LogP contribution is -2.29. The van der Waals surface area contributed by atoms with Gasteiger partial charge in [0.25, 0.3) is 5.56 Å². The molecule has 0 saturated heterocycles. The van der Waals surface area contributed by atoms with E-state index in [4.69, 9.17) is 12.2 Å². The van der Waals surface area contributed by atoms with Crippen LogP contribution in [-0.4, -0.2) is 15.0 Å². The fraction of sp³-hybridized carbons (Fsp3) is 0.167. The molecular weight excluding hydrogens is 306 g/mol. The Balaban J connectivity index is 1.64. The summed E-state index contributed by atoms with van der Waals surface area (Å²) in [4.78, 5) is 19.9. The Hall–Kier alpha value is -2.53. The minimum absolute atomic E-state index is 0.165. The van der Waals surface area contributed by atoms with Gasteiger partial charge in [-0.15, -0.1) is 0 Å². The first-order chi connectivity index (χ1) is 11.2. The molecule has 3 aromatic rings. The van der Waals surface area contributed by atoms with E-state index in [2.05, 4.69) is 33.5 Å². The molecule has 0 amide bonds. The molecule has 1 heterocycles. The Morgan fingerprint density at radius 3 is 2.87 bits per heavy atom. The van der Waals surface area contributed by atoms with E-state index in [0.717, 1.165) is 12.8 Å². The summed E-state index contributed by atoms with van der Waals surface area (Å²) >= 11 is 5.47. The number of para-hydroxylation sites is 1. The summed E-state index contributed by atoms with van der Waals surface area (Å²) in [5.41, 5.74) is 3.12. The first-order valence-corrected chi connectivity index (χ1v) is 8.01. The van der Waals surface area contributed by atoms with Crippen molar-refractivity contribution in [2.45, 2.75) is 18.9 Å². The van der Waals surface area contributed by atoms with Crippen LogP contribution in [0.25, 0.3) is 10.9 Å². The number of aromatic amines is 1. The highest BCUT2D eigenvalue weighted by atomic mass is 32.1. The highest BCUT2D eigenvalue weighted by molar-refractivity contribution is 7.80. The highest BCUT2D eigenvalue weighted by Gasteiger charge is 2.23. The monoisotopic (exact) mass is 321 g/mol. The summed E-state index contributed by atoms with van der Waals surface area (Å²) in [5.74, 6) is 0.424. The number of hydrogen-bond donors (Lipinski definition) is 2. The average molecular weight is 321 g/mol. The first kappa shape index (κ1) is 14.1. The molecule has 0 bridgehead atoms. The lowest BCUT2D eigenvalue weighted by atomic mass is 10.1. The van der Waals surface area contributed by atoms with Crippen molar-refractivity contribution < 1.29 is 0 Å². The number of nitrogens with zero attached hydrogens (tertiary/aromatic N) is 1. The number of H-pyrrole nitrogens is 1. The van der Waals surface area contributed by atoms with Crippen LogP contribution in [0.3, 0.4) is 0 Å². The van der Waals surface area contributed by atoms with Gasteiger partial charge in [-0.2, -0.15) is 0 Å². The van der Waals surface area contributed by atoms with E-state index in [1.54, 1.807) is 6.07 Å².